The van der Waals surface area contributed by atoms with Crippen LogP contribution in [-0.4, -0.2) is 26.1 Å². The second-order valence-electron chi connectivity index (χ2n) is 4.51. The molecule has 4 heteroatoms. The van der Waals surface area contributed by atoms with Gasteiger partial charge in [-0.15, -0.1) is 0 Å². The fourth-order valence-corrected chi connectivity index (χ4v) is 1.66. The second kappa shape index (κ2) is 7.39. The molecule has 0 N–H and O–H groups in total. The molecule has 100 valence electrons. The molecule has 1 aromatic rings. The second-order valence-corrected chi connectivity index (χ2v) is 4.91. The smallest absolute Gasteiger partial charge is 0.188 e. The monoisotopic (exact) mass is 270 g/mol. The van der Waals surface area contributed by atoms with Crippen molar-refractivity contribution in [1.29, 1.82) is 0 Å². The van der Waals surface area contributed by atoms with Crippen LogP contribution in [0.1, 0.15) is 30.6 Å². The van der Waals surface area contributed by atoms with Crippen LogP contribution in [0.3, 0.4) is 0 Å². The van der Waals surface area contributed by atoms with Crippen molar-refractivity contribution in [1.82, 2.24) is 0 Å². The fourth-order valence-electron chi connectivity index (χ4n) is 1.41. The number of carbonyl (C=O) groups excluding carboxylic acids is 1. The number of hydrogen-bond donors (Lipinski definition) is 0. The van der Waals surface area contributed by atoms with Crippen molar-refractivity contribution in [3.8, 4) is 5.75 Å². The van der Waals surface area contributed by atoms with Gasteiger partial charge in [0.25, 0.3) is 0 Å². The first-order valence-corrected chi connectivity index (χ1v) is 6.37. The third-order valence-corrected chi connectivity index (χ3v) is 2.84. The van der Waals surface area contributed by atoms with Crippen LogP contribution in [0.2, 0.25) is 5.02 Å². The van der Waals surface area contributed by atoms with E-state index in [2.05, 4.69) is 13.8 Å². The number of hydrogen-bond acceptors (Lipinski definition) is 3. The van der Waals surface area contributed by atoms with E-state index in [1.165, 1.54) is 7.11 Å². The Morgan fingerprint density at radius 1 is 1.39 bits per heavy atom. The van der Waals surface area contributed by atoms with Gasteiger partial charge in [-0.1, -0.05) is 25.4 Å². The minimum absolute atomic E-state index is 0.0664. The molecular formula is C14H19ClO3. The number of halogens is 1. The maximum atomic E-state index is 11.8. The summed E-state index contributed by atoms with van der Waals surface area (Å²) in [6, 6.07) is 4.98. The summed E-state index contributed by atoms with van der Waals surface area (Å²) in [5, 5.41) is 0.436. The third-order valence-electron chi connectivity index (χ3n) is 2.55. The topological polar surface area (TPSA) is 35.5 Å². The van der Waals surface area contributed by atoms with Crippen molar-refractivity contribution in [2.24, 2.45) is 5.92 Å². The van der Waals surface area contributed by atoms with Crippen molar-refractivity contribution >= 4 is 17.4 Å². The van der Waals surface area contributed by atoms with Crippen molar-refractivity contribution in [3.05, 3.63) is 28.8 Å². The Morgan fingerprint density at radius 3 is 2.67 bits per heavy atom. The molecule has 0 heterocycles. The molecule has 0 unspecified atom stereocenters. The van der Waals surface area contributed by atoms with E-state index >= 15 is 0 Å². The van der Waals surface area contributed by atoms with Gasteiger partial charge in [0.1, 0.15) is 12.4 Å². The Hall–Kier alpha value is -1.06. The zero-order valence-corrected chi connectivity index (χ0v) is 11.8. The van der Waals surface area contributed by atoms with Gasteiger partial charge in [0, 0.05) is 12.2 Å². The van der Waals surface area contributed by atoms with Crippen LogP contribution in [0.5, 0.6) is 5.75 Å². The lowest BCUT2D eigenvalue weighted by atomic mass is 10.1. The Balaban J connectivity index is 2.49. The van der Waals surface area contributed by atoms with E-state index in [0.29, 0.717) is 28.9 Å². The average Bonchev–Trinajstić information content (AvgIpc) is 2.34. The van der Waals surface area contributed by atoms with Gasteiger partial charge >= 0.3 is 0 Å². The SMILES string of the molecule is COc1ccc(C(=O)COCCC(C)C)cc1Cl. The highest BCUT2D eigenvalue weighted by molar-refractivity contribution is 6.32. The van der Waals surface area contributed by atoms with Gasteiger partial charge in [0.2, 0.25) is 0 Å². The van der Waals surface area contributed by atoms with E-state index in [-0.39, 0.29) is 12.4 Å². The highest BCUT2D eigenvalue weighted by Crippen LogP contribution is 2.25. The van der Waals surface area contributed by atoms with Gasteiger partial charge in [0.05, 0.1) is 12.1 Å². The lowest BCUT2D eigenvalue weighted by molar-refractivity contribution is 0.0739. The van der Waals surface area contributed by atoms with E-state index in [1.54, 1.807) is 18.2 Å². The molecule has 0 aromatic heterocycles. The number of ketones is 1. The van der Waals surface area contributed by atoms with Crippen LogP contribution in [0.4, 0.5) is 0 Å². The zero-order valence-electron chi connectivity index (χ0n) is 11.0. The summed E-state index contributed by atoms with van der Waals surface area (Å²) in [6.07, 6.45) is 0.955. The summed E-state index contributed by atoms with van der Waals surface area (Å²) >= 11 is 5.96. The molecular weight excluding hydrogens is 252 g/mol. The van der Waals surface area contributed by atoms with Crippen LogP contribution >= 0.6 is 11.6 Å². The standard InChI is InChI=1S/C14H19ClO3/c1-10(2)6-7-18-9-13(16)11-4-5-14(17-3)12(15)8-11/h4-5,8,10H,6-7,9H2,1-3H3. The molecule has 0 atom stereocenters. The zero-order chi connectivity index (χ0) is 13.5. The maximum Gasteiger partial charge on any atom is 0.188 e. The summed E-state index contributed by atoms with van der Waals surface area (Å²) in [5.41, 5.74) is 0.547. The molecule has 0 radical (unpaired) electrons. The largest absolute Gasteiger partial charge is 0.495 e. The maximum absolute atomic E-state index is 11.8. The lowest BCUT2D eigenvalue weighted by Crippen LogP contribution is -2.10. The van der Waals surface area contributed by atoms with E-state index < -0.39 is 0 Å². The molecule has 0 saturated carbocycles. The van der Waals surface area contributed by atoms with E-state index in [9.17, 15) is 4.79 Å². The number of carbonyl (C=O) groups is 1. The molecule has 0 bridgehead atoms. The summed E-state index contributed by atoms with van der Waals surface area (Å²) < 4.78 is 10.4. The van der Waals surface area contributed by atoms with E-state index in [4.69, 9.17) is 21.1 Å². The number of rotatable bonds is 7. The molecule has 3 nitrogen and oxygen atoms in total. The van der Waals surface area contributed by atoms with Crippen molar-refractivity contribution in [3.63, 3.8) is 0 Å². The van der Waals surface area contributed by atoms with Crippen molar-refractivity contribution in [2.75, 3.05) is 20.3 Å². The summed E-state index contributed by atoms with van der Waals surface area (Å²) in [7, 11) is 1.54. The van der Waals surface area contributed by atoms with Crippen LogP contribution in [0, 0.1) is 5.92 Å². The molecule has 0 aliphatic rings. The number of Topliss-reactive ketones (excluding diaryl/α,β-unsaturated/α-hetero) is 1. The molecule has 1 aromatic carbocycles. The van der Waals surface area contributed by atoms with E-state index in [1.807, 2.05) is 0 Å². The molecule has 0 amide bonds. The van der Waals surface area contributed by atoms with Crippen LogP contribution in [0.15, 0.2) is 18.2 Å². The highest BCUT2D eigenvalue weighted by Gasteiger charge is 2.09. The fraction of sp³-hybridized carbons (Fsp3) is 0.500. The molecule has 0 saturated heterocycles. The van der Waals surface area contributed by atoms with E-state index in [0.717, 1.165) is 6.42 Å². The first-order valence-electron chi connectivity index (χ1n) is 5.99. The minimum atomic E-state index is -0.0664. The van der Waals surface area contributed by atoms with Gasteiger partial charge in [-0.2, -0.15) is 0 Å². The molecule has 18 heavy (non-hydrogen) atoms. The average molecular weight is 271 g/mol. The third kappa shape index (κ3) is 4.67. The first kappa shape index (κ1) is 15.0. The summed E-state index contributed by atoms with van der Waals surface area (Å²) in [5.74, 6) is 1.08. The minimum Gasteiger partial charge on any atom is -0.495 e. The predicted octanol–water partition coefficient (Wildman–Crippen LogP) is 3.59. The van der Waals surface area contributed by atoms with Gasteiger partial charge in [-0.25, -0.2) is 0 Å². The summed E-state index contributed by atoms with van der Waals surface area (Å²) in [6.45, 7) is 4.94. The number of ether oxygens (including phenoxy) is 2. The Labute approximate surface area is 113 Å². The molecule has 0 aliphatic heterocycles. The number of benzene rings is 1. The van der Waals surface area contributed by atoms with Crippen molar-refractivity contribution < 1.29 is 14.3 Å². The highest BCUT2D eigenvalue weighted by atomic mass is 35.5. The normalized spacial score (nSPS) is 10.7. The van der Waals surface area contributed by atoms with Gasteiger partial charge in [0.15, 0.2) is 5.78 Å². The van der Waals surface area contributed by atoms with Gasteiger partial charge in [-0.3, -0.25) is 4.79 Å². The summed E-state index contributed by atoms with van der Waals surface area (Å²) in [4.78, 5) is 11.8. The van der Waals surface area contributed by atoms with Crippen LogP contribution in [0.25, 0.3) is 0 Å². The van der Waals surface area contributed by atoms with Gasteiger partial charge < -0.3 is 9.47 Å². The number of methoxy groups -OCH3 is 1. The van der Waals surface area contributed by atoms with Crippen LogP contribution in [-0.2, 0) is 4.74 Å². The first-order chi connectivity index (χ1) is 8.54. The Morgan fingerprint density at radius 2 is 2.11 bits per heavy atom. The Kier molecular flexibility index (Phi) is 6.16. The van der Waals surface area contributed by atoms with Crippen LogP contribution < -0.4 is 4.74 Å². The predicted molar refractivity (Wildman–Crippen MR) is 72.6 cm³/mol. The molecule has 1 rings (SSSR count). The Bertz CT molecular complexity index is 402. The molecule has 0 aliphatic carbocycles. The molecule has 0 fully saturated rings. The van der Waals surface area contributed by atoms with Gasteiger partial charge in [-0.05, 0) is 30.5 Å². The van der Waals surface area contributed by atoms with Crippen molar-refractivity contribution in [2.45, 2.75) is 20.3 Å². The quantitative estimate of drug-likeness (QED) is 0.561. The molecule has 0 spiro atoms. The lowest BCUT2D eigenvalue weighted by Gasteiger charge is -2.07.